The lowest BCUT2D eigenvalue weighted by Gasteiger charge is -2.27. The number of benzene rings is 1. The molecule has 2 unspecified atom stereocenters. The summed E-state index contributed by atoms with van der Waals surface area (Å²) in [7, 11) is 0. The van der Waals surface area contributed by atoms with Crippen LogP contribution in [-0.2, 0) is 13.1 Å². The third-order valence-corrected chi connectivity index (χ3v) is 3.69. The predicted molar refractivity (Wildman–Crippen MR) is 82.6 cm³/mol. The van der Waals surface area contributed by atoms with Gasteiger partial charge in [0.05, 0.1) is 12.6 Å². The highest BCUT2D eigenvalue weighted by Gasteiger charge is 2.24. The van der Waals surface area contributed by atoms with Crippen LogP contribution in [0.15, 0.2) is 36.7 Å². The minimum Gasteiger partial charge on any atom is -0.387 e. The fraction of sp³-hybridized carbons (Fsp3) is 0.500. The van der Waals surface area contributed by atoms with Gasteiger partial charge in [-0.1, -0.05) is 44.2 Å². The van der Waals surface area contributed by atoms with Crippen LogP contribution < -0.4 is 5.32 Å². The second kappa shape index (κ2) is 7.33. The van der Waals surface area contributed by atoms with Gasteiger partial charge in [-0.05, 0) is 18.4 Å². The molecule has 0 fully saturated rings. The molecule has 2 atom stereocenters. The summed E-state index contributed by atoms with van der Waals surface area (Å²) in [6.45, 7) is 7.64. The Labute approximate surface area is 126 Å². The van der Waals surface area contributed by atoms with Crippen LogP contribution in [0.3, 0.4) is 0 Å². The number of nitrogens with zero attached hydrogens (tertiary/aromatic N) is 3. The first-order chi connectivity index (χ1) is 10.1. The Kier molecular flexibility index (Phi) is 5.47. The topological polar surface area (TPSA) is 63.0 Å². The number of aliphatic hydroxyl groups is 1. The van der Waals surface area contributed by atoms with Crippen LogP contribution in [0.5, 0.6) is 0 Å². The average molecular weight is 288 g/mol. The Bertz CT molecular complexity index is 538. The zero-order valence-electron chi connectivity index (χ0n) is 12.9. The van der Waals surface area contributed by atoms with Crippen molar-refractivity contribution < 1.29 is 5.11 Å². The van der Waals surface area contributed by atoms with Crippen molar-refractivity contribution in [3.63, 3.8) is 0 Å². The van der Waals surface area contributed by atoms with E-state index in [2.05, 4.69) is 29.2 Å². The molecule has 5 nitrogen and oxygen atoms in total. The highest BCUT2D eigenvalue weighted by molar-refractivity contribution is 5.19. The summed E-state index contributed by atoms with van der Waals surface area (Å²) in [4.78, 5) is 4.26. The third-order valence-electron chi connectivity index (χ3n) is 3.69. The molecular weight excluding hydrogens is 264 g/mol. The van der Waals surface area contributed by atoms with E-state index in [-0.39, 0.29) is 6.04 Å². The first-order valence-electron chi connectivity index (χ1n) is 7.46. The molecule has 0 radical (unpaired) electrons. The molecule has 1 aromatic heterocycles. The lowest BCUT2D eigenvalue weighted by atomic mass is 9.93. The van der Waals surface area contributed by atoms with Crippen LogP contribution in [-0.4, -0.2) is 25.9 Å². The van der Waals surface area contributed by atoms with E-state index in [1.165, 1.54) is 0 Å². The monoisotopic (exact) mass is 288 g/mol. The second-order valence-electron chi connectivity index (χ2n) is 5.50. The largest absolute Gasteiger partial charge is 0.387 e. The second-order valence-corrected chi connectivity index (χ2v) is 5.50. The molecule has 0 bridgehead atoms. The summed E-state index contributed by atoms with van der Waals surface area (Å²) < 4.78 is 1.86. The lowest BCUT2D eigenvalue weighted by molar-refractivity contribution is 0.103. The van der Waals surface area contributed by atoms with Gasteiger partial charge >= 0.3 is 0 Å². The molecule has 5 heteroatoms. The average Bonchev–Trinajstić information content (AvgIpc) is 2.95. The van der Waals surface area contributed by atoms with E-state index in [0.717, 1.165) is 17.9 Å². The van der Waals surface area contributed by atoms with Gasteiger partial charge in [0.25, 0.3) is 0 Å². The Morgan fingerprint density at radius 3 is 2.57 bits per heavy atom. The molecule has 1 heterocycles. The van der Waals surface area contributed by atoms with Crippen LogP contribution in [0.1, 0.15) is 38.3 Å². The number of hydrogen-bond acceptors (Lipinski definition) is 4. The molecule has 0 saturated heterocycles. The molecule has 0 aliphatic rings. The minimum absolute atomic E-state index is 0.0330. The van der Waals surface area contributed by atoms with Gasteiger partial charge in [-0.15, -0.1) is 0 Å². The van der Waals surface area contributed by atoms with Crippen molar-refractivity contribution in [1.29, 1.82) is 0 Å². The summed E-state index contributed by atoms with van der Waals surface area (Å²) >= 11 is 0. The molecule has 0 aliphatic heterocycles. The number of nitrogens with one attached hydrogen (secondary N) is 1. The first-order valence-corrected chi connectivity index (χ1v) is 7.46. The molecule has 0 amide bonds. The summed E-state index contributed by atoms with van der Waals surface area (Å²) in [5, 5.41) is 18.2. The highest BCUT2D eigenvalue weighted by atomic mass is 16.3. The molecule has 114 valence electrons. The van der Waals surface area contributed by atoms with Gasteiger partial charge in [0.15, 0.2) is 0 Å². The zero-order chi connectivity index (χ0) is 15.2. The van der Waals surface area contributed by atoms with Crippen LogP contribution in [0.4, 0.5) is 0 Å². The van der Waals surface area contributed by atoms with E-state index in [1.807, 2.05) is 41.9 Å². The van der Waals surface area contributed by atoms with E-state index < -0.39 is 6.10 Å². The lowest BCUT2D eigenvalue weighted by Crippen LogP contribution is -2.39. The summed E-state index contributed by atoms with van der Waals surface area (Å²) in [6.07, 6.45) is 1.03. The van der Waals surface area contributed by atoms with Crippen LogP contribution >= 0.6 is 0 Å². The van der Waals surface area contributed by atoms with E-state index in [1.54, 1.807) is 6.33 Å². The standard InChI is InChI=1S/C16H24N4O/c1-4-20-14(18-11-19-20)10-17-15(12(2)3)16(21)13-8-6-5-7-9-13/h5-9,11-12,15-17,21H,4,10H2,1-3H3. The number of aryl methyl sites for hydroxylation is 1. The van der Waals surface area contributed by atoms with Crippen LogP contribution in [0, 0.1) is 5.92 Å². The van der Waals surface area contributed by atoms with Gasteiger partial charge in [-0.2, -0.15) is 5.10 Å². The van der Waals surface area contributed by atoms with Crippen molar-refractivity contribution in [3.05, 3.63) is 48.0 Å². The molecule has 0 saturated carbocycles. The fourth-order valence-electron chi connectivity index (χ4n) is 2.47. The number of hydrogen-bond donors (Lipinski definition) is 2. The van der Waals surface area contributed by atoms with E-state index in [9.17, 15) is 5.11 Å². The maximum absolute atomic E-state index is 10.6. The van der Waals surface area contributed by atoms with E-state index in [4.69, 9.17) is 0 Å². The van der Waals surface area contributed by atoms with Crippen LogP contribution in [0.2, 0.25) is 0 Å². The van der Waals surface area contributed by atoms with Crippen molar-refractivity contribution in [1.82, 2.24) is 20.1 Å². The predicted octanol–water partition coefficient (Wildman–Crippen LogP) is 2.15. The molecular formula is C16H24N4O. The van der Waals surface area contributed by atoms with Gasteiger partial charge < -0.3 is 10.4 Å². The van der Waals surface area contributed by atoms with Crippen molar-refractivity contribution in [2.24, 2.45) is 5.92 Å². The van der Waals surface area contributed by atoms with Gasteiger partial charge in [0.2, 0.25) is 0 Å². The number of rotatable bonds is 7. The maximum Gasteiger partial charge on any atom is 0.140 e. The molecule has 0 spiro atoms. The zero-order valence-corrected chi connectivity index (χ0v) is 12.9. The van der Waals surface area contributed by atoms with Crippen molar-refractivity contribution in [2.75, 3.05) is 0 Å². The highest BCUT2D eigenvalue weighted by Crippen LogP contribution is 2.21. The SMILES string of the molecule is CCn1ncnc1CNC(C(C)C)C(O)c1ccccc1. The Morgan fingerprint density at radius 1 is 1.24 bits per heavy atom. The molecule has 1 aromatic carbocycles. The van der Waals surface area contributed by atoms with Crippen molar-refractivity contribution in [2.45, 2.75) is 46.0 Å². The molecule has 2 N–H and O–H groups in total. The Morgan fingerprint density at radius 2 is 1.95 bits per heavy atom. The van der Waals surface area contributed by atoms with E-state index >= 15 is 0 Å². The summed E-state index contributed by atoms with van der Waals surface area (Å²) in [5.41, 5.74) is 0.931. The number of aliphatic hydroxyl groups excluding tert-OH is 1. The van der Waals surface area contributed by atoms with Crippen molar-refractivity contribution >= 4 is 0 Å². The number of aromatic nitrogens is 3. The van der Waals surface area contributed by atoms with Gasteiger partial charge in [-0.3, -0.25) is 0 Å². The quantitative estimate of drug-likeness (QED) is 0.819. The van der Waals surface area contributed by atoms with Gasteiger partial charge in [0, 0.05) is 12.6 Å². The Balaban J connectivity index is 2.06. The first kappa shape index (κ1) is 15.7. The van der Waals surface area contributed by atoms with Gasteiger partial charge in [-0.25, -0.2) is 9.67 Å². The molecule has 2 aromatic rings. The molecule has 21 heavy (non-hydrogen) atoms. The normalized spacial score (nSPS) is 14.3. The van der Waals surface area contributed by atoms with Crippen molar-refractivity contribution in [3.8, 4) is 0 Å². The molecule has 2 rings (SSSR count). The van der Waals surface area contributed by atoms with Gasteiger partial charge in [0.1, 0.15) is 12.2 Å². The fourth-order valence-corrected chi connectivity index (χ4v) is 2.47. The molecule has 0 aliphatic carbocycles. The summed E-state index contributed by atoms with van der Waals surface area (Å²) in [5.74, 6) is 1.20. The Hall–Kier alpha value is -1.72. The summed E-state index contributed by atoms with van der Waals surface area (Å²) in [6, 6.07) is 9.73. The maximum atomic E-state index is 10.6. The van der Waals surface area contributed by atoms with E-state index in [0.29, 0.717) is 12.5 Å². The third kappa shape index (κ3) is 3.89. The minimum atomic E-state index is -0.538. The smallest absolute Gasteiger partial charge is 0.140 e. The van der Waals surface area contributed by atoms with Crippen LogP contribution in [0.25, 0.3) is 0 Å².